The van der Waals surface area contributed by atoms with Crippen molar-refractivity contribution < 1.29 is 14.7 Å². The minimum Gasteiger partial charge on any atom is -0.478 e. The van der Waals surface area contributed by atoms with Gasteiger partial charge in [-0.1, -0.05) is 51.3 Å². The molecule has 2 heterocycles. The predicted octanol–water partition coefficient (Wildman–Crippen LogP) is 4.29. The van der Waals surface area contributed by atoms with E-state index in [-0.39, 0.29) is 22.8 Å². The highest BCUT2D eigenvalue weighted by molar-refractivity contribution is 6.17. The lowest BCUT2D eigenvalue weighted by atomic mass is 9.81. The summed E-state index contributed by atoms with van der Waals surface area (Å²) in [5, 5.41) is 10.9. The van der Waals surface area contributed by atoms with Crippen molar-refractivity contribution in [3.63, 3.8) is 0 Å². The number of H-pyrrole nitrogens is 1. The summed E-state index contributed by atoms with van der Waals surface area (Å²) < 4.78 is 0. The Kier molecular flexibility index (Phi) is 4.33. The zero-order chi connectivity index (χ0) is 19.2. The molecule has 0 radical (unpaired) electrons. The summed E-state index contributed by atoms with van der Waals surface area (Å²) in [5.41, 5.74) is 2.32. The molecular formula is C22H26N2O3. The molecule has 0 bridgehead atoms. The fraction of sp³-hybridized carbons (Fsp3) is 0.455. The molecule has 0 spiro atoms. The minimum atomic E-state index is -1.01. The van der Waals surface area contributed by atoms with Crippen LogP contribution in [0, 0.1) is 5.92 Å². The number of benzene rings is 1. The number of hydrogen-bond acceptors (Lipinski definition) is 2. The maximum atomic E-state index is 13.2. The van der Waals surface area contributed by atoms with E-state index in [9.17, 15) is 14.7 Å². The van der Waals surface area contributed by atoms with Crippen LogP contribution in [0.25, 0.3) is 16.5 Å². The summed E-state index contributed by atoms with van der Waals surface area (Å²) in [6.45, 7) is 4.66. The maximum absolute atomic E-state index is 13.2. The normalized spacial score (nSPS) is 20.1. The topological polar surface area (TPSA) is 73.4 Å². The van der Waals surface area contributed by atoms with Crippen LogP contribution in [0.1, 0.15) is 57.2 Å². The van der Waals surface area contributed by atoms with Gasteiger partial charge in [-0.25, -0.2) is 4.79 Å². The highest BCUT2D eigenvalue weighted by atomic mass is 16.4. The van der Waals surface area contributed by atoms with Gasteiger partial charge >= 0.3 is 5.97 Å². The highest BCUT2D eigenvalue weighted by Crippen LogP contribution is 2.40. The Morgan fingerprint density at radius 1 is 1.15 bits per heavy atom. The molecule has 1 aliphatic carbocycles. The van der Waals surface area contributed by atoms with E-state index in [2.05, 4.69) is 18.8 Å². The lowest BCUT2D eigenvalue weighted by Gasteiger charge is -2.32. The van der Waals surface area contributed by atoms with Crippen LogP contribution in [0.4, 0.5) is 0 Å². The van der Waals surface area contributed by atoms with Gasteiger partial charge in [-0.2, -0.15) is 0 Å². The zero-order valence-electron chi connectivity index (χ0n) is 15.9. The van der Waals surface area contributed by atoms with Crippen LogP contribution in [0.3, 0.4) is 0 Å². The molecule has 1 aliphatic heterocycles. The molecule has 1 saturated carbocycles. The van der Waals surface area contributed by atoms with Crippen molar-refractivity contribution in [1.82, 2.24) is 9.88 Å². The average Bonchev–Trinajstić information content (AvgIpc) is 2.99. The molecule has 0 atom stereocenters. The summed E-state index contributed by atoms with van der Waals surface area (Å²) in [4.78, 5) is 30.2. The molecule has 1 amide bonds. The molecule has 4 rings (SSSR count). The fourth-order valence-corrected chi connectivity index (χ4v) is 4.71. The molecule has 2 N–H and O–H groups in total. The van der Waals surface area contributed by atoms with Gasteiger partial charge in [0.1, 0.15) is 0 Å². The molecule has 0 unspecified atom stereocenters. The number of nitrogens with one attached hydrogen (secondary N) is 1. The number of hydrogen-bond donors (Lipinski definition) is 2. The van der Waals surface area contributed by atoms with Gasteiger partial charge in [0.15, 0.2) is 0 Å². The number of rotatable bonds is 2. The molecule has 27 heavy (non-hydrogen) atoms. The van der Waals surface area contributed by atoms with Crippen LogP contribution in [0.15, 0.2) is 30.5 Å². The van der Waals surface area contributed by atoms with Crippen LogP contribution < -0.4 is 0 Å². The lowest BCUT2D eigenvalue weighted by Crippen LogP contribution is -2.40. The van der Waals surface area contributed by atoms with Crippen LogP contribution in [0.2, 0.25) is 0 Å². The Labute approximate surface area is 159 Å². The van der Waals surface area contributed by atoms with Gasteiger partial charge in [-0.15, -0.1) is 0 Å². The summed E-state index contributed by atoms with van der Waals surface area (Å²) in [5.74, 6) is -0.938. The Bertz CT molecular complexity index is 932. The number of fused-ring (bicyclic) bond motifs is 3. The SMILES string of the molecule is CC1(C)CN(C(=O)C2CCCCC2)C=C(C(=O)O)c2[nH]c3ccccc3c21. The largest absolute Gasteiger partial charge is 0.478 e. The second kappa shape index (κ2) is 6.55. The second-order valence-corrected chi connectivity index (χ2v) is 8.45. The third-order valence-electron chi connectivity index (χ3n) is 5.97. The first-order chi connectivity index (χ1) is 12.9. The van der Waals surface area contributed by atoms with Gasteiger partial charge in [0.25, 0.3) is 0 Å². The number of carboxylic acid groups (broad SMARTS) is 1. The van der Waals surface area contributed by atoms with Crippen molar-refractivity contribution in [2.24, 2.45) is 5.92 Å². The molecule has 1 aromatic heterocycles. The minimum absolute atomic E-state index is 0.00836. The van der Waals surface area contributed by atoms with Crippen molar-refractivity contribution in [3.05, 3.63) is 41.7 Å². The van der Waals surface area contributed by atoms with E-state index in [0.717, 1.165) is 42.1 Å². The molecule has 0 saturated heterocycles. The number of para-hydroxylation sites is 1. The molecule has 142 valence electrons. The molecule has 1 aromatic carbocycles. The Balaban J connectivity index is 1.83. The molecule has 5 heteroatoms. The monoisotopic (exact) mass is 366 g/mol. The number of amides is 1. The van der Waals surface area contributed by atoms with Gasteiger partial charge in [-0.3, -0.25) is 4.79 Å². The molecule has 5 nitrogen and oxygen atoms in total. The summed E-state index contributed by atoms with van der Waals surface area (Å²) in [6, 6.07) is 7.88. The van der Waals surface area contributed by atoms with Crippen LogP contribution >= 0.6 is 0 Å². The first-order valence-electron chi connectivity index (χ1n) is 9.75. The summed E-state index contributed by atoms with van der Waals surface area (Å²) in [6.07, 6.45) is 6.70. The van der Waals surface area contributed by atoms with Gasteiger partial charge in [0.2, 0.25) is 5.91 Å². The van der Waals surface area contributed by atoms with Gasteiger partial charge in [-0.05, 0) is 24.5 Å². The number of carboxylic acids is 1. The Morgan fingerprint density at radius 2 is 1.85 bits per heavy atom. The van der Waals surface area contributed by atoms with Gasteiger partial charge < -0.3 is 15.0 Å². The summed E-state index contributed by atoms with van der Waals surface area (Å²) in [7, 11) is 0. The predicted molar refractivity (Wildman–Crippen MR) is 105 cm³/mol. The van der Waals surface area contributed by atoms with Crippen LogP contribution in [-0.4, -0.2) is 33.4 Å². The van der Waals surface area contributed by atoms with Crippen molar-refractivity contribution in [2.75, 3.05) is 6.54 Å². The smallest absolute Gasteiger partial charge is 0.339 e. The molecule has 2 aliphatic rings. The van der Waals surface area contributed by atoms with E-state index in [1.807, 2.05) is 24.3 Å². The number of carbonyl (C=O) groups is 2. The lowest BCUT2D eigenvalue weighted by molar-refractivity contribution is -0.134. The van der Waals surface area contributed by atoms with Crippen molar-refractivity contribution >= 4 is 28.4 Å². The molecule has 1 fully saturated rings. The zero-order valence-corrected chi connectivity index (χ0v) is 15.9. The third-order valence-corrected chi connectivity index (χ3v) is 5.97. The van der Waals surface area contributed by atoms with Crippen molar-refractivity contribution in [1.29, 1.82) is 0 Å². The van der Waals surface area contributed by atoms with E-state index < -0.39 is 5.97 Å². The molecular weight excluding hydrogens is 340 g/mol. The van der Waals surface area contributed by atoms with E-state index in [1.54, 1.807) is 11.1 Å². The Morgan fingerprint density at radius 3 is 2.56 bits per heavy atom. The fourth-order valence-electron chi connectivity index (χ4n) is 4.71. The van der Waals surface area contributed by atoms with E-state index in [4.69, 9.17) is 0 Å². The second-order valence-electron chi connectivity index (χ2n) is 8.45. The van der Waals surface area contributed by atoms with Crippen LogP contribution in [0.5, 0.6) is 0 Å². The highest BCUT2D eigenvalue weighted by Gasteiger charge is 2.38. The van der Waals surface area contributed by atoms with Crippen LogP contribution in [-0.2, 0) is 15.0 Å². The number of aromatic amines is 1. The van der Waals surface area contributed by atoms with E-state index in [0.29, 0.717) is 12.2 Å². The standard InChI is InChI=1S/C22H26N2O3/c1-22(2)13-24(20(25)14-8-4-3-5-9-14)12-16(21(26)27)19-18(22)15-10-6-7-11-17(15)23-19/h6-7,10-12,14,23H,3-5,8-9,13H2,1-2H3,(H,26,27). The quantitative estimate of drug-likeness (QED) is 0.832. The first-order valence-corrected chi connectivity index (χ1v) is 9.75. The average molecular weight is 366 g/mol. The van der Waals surface area contributed by atoms with E-state index in [1.165, 1.54) is 6.42 Å². The summed E-state index contributed by atoms with van der Waals surface area (Å²) >= 11 is 0. The van der Waals surface area contributed by atoms with Gasteiger partial charge in [0.05, 0.1) is 11.3 Å². The maximum Gasteiger partial charge on any atom is 0.339 e. The van der Waals surface area contributed by atoms with E-state index >= 15 is 0 Å². The van der Waals surface area contributed by atoms with Gasteiger partial charge in [0, 0.05) is 35.0 Å². The first kappa shape index (κ1) is 17.8. The third kappa shape index (κ3) is 3.05. The number of nitrogens with zero attached hydrogens (tertiary/aromatic N) is 1. The Hall–Kier alpha value is -2.56. The number of aliphatic carboxylic acids is 1. The number of aromatic nitrogens is 1. The van der Waals surface area contributed by atoms with Crippen molar-refractivity contribution in [2.45, 2.75) is 51.4 Å². The number of carbonyl (C=O) groups excluding carboxylic acids is 1. The molecule has 2 aromatic rings. The van der Waals surface area contributed by atoms with Crippen molar-refractivity contribution in [3.8, 4) is 0 Å².